The topological polar surface area (TPSA) is 52.5 Å². The Morgan fingerprint density at radius 3 is 2.60 bits per heavy atom. The van der Waals surface area contributed by atoms with Gasteiger partial charge in [0.05, 0.1) is 6.10 Å². The molecular formula is C11H16FNO2. The fourth-order valence-electron chi connectivity index (χ4n) is 1.34. The largest absolute Gasteiger partial charge is 0.508 e. The summed E-state index contributed by atoms with van der Waals surface area (Å²) in [5.41, 5.74) is 0.622. The van der Waals surface area contributed by atoms with Gasteiger partial charge in [-0.25, -0.2) is 4.39 Å². The van der Waals surface area contributed by atoms with Crippen molar-refractivity contribution in [3.63, 3.8) is 0 Å². The summed E-state index contributed by atoms with van der Waals surface area (Å²) in [6, 6.07) is 3.79. The van der Waals surface area contributed by atoms with E-state index >= 15 is 0 Å². The third kappa shape index (κ3) is 3.49. The number of benzene rings is 1. The number of nitrogens with one attached hydrogen (secondary N) is 1. The van der Waals surface area contributed by atoms with Gasteiger partial charge >= 0.3 is 0 Å². The highest BCUT2D eigenvalue weighted by molar-refractivity contribution is 5.34. The van der Waals surface area contributed by atoms with Crippen LogP contribution in [0.4, 0.5) is 4.39 Å². The minimum absolute atomic E-state index is 0.0689. The average molecular weight is 213 g/mol. The fraction of sp³-hybridized carbons (Fsp3) is 0.455. The van der Waals surface area contributed by atoms with E-state index in [1.807, 2.05) is 6.92 Å². The standard InChI is InChI=1S/C11H16FNO2/c1-7(14)6-13-8(2)10-4-3-9(12)5-11(10)15/h3-5,7-8,13-15H,6H2,1-2H3. The van der Waals surface area contributed by atoms with Gasteiger partial charge < -0.3 is 15.5 Å². The van der Waals surface area contributed by atoms with Crippen LogP contribution in [0.2, 0.25) is 0 Å². The van der Waals surface area contributed by atoms with E-state index in [4.69, 9.17) is 5.11 Å². The van der Waals surface area contributed by atoms with Gasteiger partial charge in [-0.2, -0.15) is 0 Å². The highest BCUT2D eigenvalue weighted by atomic mass is 19.1. The summed E-state index contributed by atoms with van der Waals surface area (Å²) in [6.45, 7) is 3.94. The monoisotopic (exact) mass is 213 g/mol. The van der Waals surface area contributed by atoms with Crippen molar-refractivity contribution >= 4 is 0 Å². The van der Waals surface area contributed by atoms with Crippen LogP contribution >= 0.6 is 0 Å². The Labute approximate surface area is 88.6 Å². The quantitative estimate of drug-likeness (QED) is 0.711. The molecule has 1 aromatic carbocycles. The Hall–Kier alpha value is -1.13. The molecule has 0 aliphatic carbocycles. The van der Waals surface area contributed by atoms with Crippen molar-refractivity contribution in [2.45, 2.75) is 26.0 Å². The van der Waals surface area contributed by atoms with Gasteiger partial charge in [-0.1, -0.05) is 6.07 Å². The van der Waals surface area contributed by atoms with E-state index in [1.54, 1.807) is 6.92 Å². The molecule has 4 heteroatoms. The van der Waals surface area contributed by atoms with Crippen LogP contribution in [0, 0.1) is 5.82 Å². The number of phenolic OH excluding ortho intramolecular Hbond substituents is 1. The number of aromatic hydroxyl groups is 1. The third-order valence-corrected chi connectivity index (χ3v) is 2.18. The van der Waals surface area contributed by atoms with E-state index in [2.05, 4.69) is 5.32 Å². The van der Waals surface area contributed by atoms with E-state index in [-0.39, 0.29) is 11.8 Å². The molecule has 0 spiro atoms. The first kappa shape index (κ1) is 11.9. The van der Waals surface area contributed by atoms with Crippen molar-refractivity contribution < 1.29 is 14.6 Å². The Morgan fingerprint density at radius 1 is 1.40 bits per heavy atom. The van der Waals surface area contributed by atoms with Gasteiger partial charge in [0.1, 0.15) is 11.6 Å². The summed E-state index contributed by atoms with van der Waals surface area (Å²) >= 11 is 0. The van der Waals surface area contributed by atoms with Gasteiger partial charge in [0, 0.05) is 24.2 Å². The van der Waals surface area contributed by atoms with Crippen LogP contribution in [0.5, 0.6) is 5.75 Å². The molecule has 0 radical (unpaired) electrons. The molecule has 0 aromatic heterocycles. The molecule has 2 atom stereocenters. The number of hydrogen-bond acceptors (Lipinski definition) is 3. The molecule has 0 bridgehead atoms. The van der Waals surface area contributed by atoms with Gasteiger partial charge in [0.15, 0.2) is 0 Å². The smallest absolute Gasteiger partial charge is 0.126 e. The molecule has 0 fully saturated rings. The zero-order valence-electron chi connectivity index (χ0n) is 8.87. The zero-order valence-corrected chi connectivity index (χ0v) is 8.87. The molecule has 1 aromatic rings. The van der Waals surface area contributed by atoms with Crippen LogP contribution in [-0.4, -0.2) is 22.9 Å². The van der Waals surface area contributed by atoms with Crippen LogP contribution in [-0.2, 0) is 0 Å². The maximum Gasteiger partial charge on any atom is 0.126 e. The Morgan fingerprint density at radius 2 is 2.07 bits per heavy atom. The van der Waals surface area contributed by atoms with Gasteiger partial charge in [-0.3, -0.25) is 0 Å². The molecule has 0 aliphatic heterocycles. The first-order valence-electron chi connectivity index (χ1n) is 4.90. The lowest BCUT2D eigenvalue weighted by molar-refractivity contribution is 0.187. The highest BCUT2D eigenvalue weighted by Crippen LogP contribution is 2.24. The summed E-state index contributed by atoms with van der Waals surface area (Å²) in [4.78, 5) is 0. The normalized spacial score (nSPS) is 14.9. The lowest BCUT2D eigenvalue weighted by Crippen LogP contribution is -2.27. The number of phenols is 1. The molecular weight excluding hydrogens is 197 g/mol. The van der Waals surface area contributed by atoms with Crippen LogP contribution < -0.4 is 5.32 Å². The van der Waals surface area contributed by atoms with E-state index in [9.17, 15) is 9.50 Å². The number of rotatable bonds is 4. The summed E-state index contributed by atoms with van der Waals surface area (Å²) in [7, 11) is 0. The Bertz CT molecular complexity index is 328. The van der Waals surface area contributed by atoms with Gasteiger partial charge in [0.2, 0.25) is 0 Å². The molecule has 1 rings (SSSR count). The summed E-state index contributed by atoms with van der Waals surface area (Å²) < 4.78 is 12.7. The third-order valence-electron chi connectivity index (χ3n) is 2.18. The first-order chi connectivity index (χ1) is 7.00. The van der Waals surface area contributed by atoms with Crippen molar-refractivity contribution in [2.24, 2.45) is 0 Å². The second-order valence-electron chi connectivity index (χ2n) is 3.68. The van der Waals surface area contributed by atoms with Crippen molar-refractivity contribution in [3.05, 3.63) is 29.6 Å². The molecule has 3 nitrogen and oxygen atoms in total. The van der Waals surface area contributed by atoms with E-state index < -0.39 is 11.9 Å². The molecule has 0 aliphatic rings. The van der Waals surface area contributed by atoms with Crippen LogP contribution in [0.3, 0.4) is 0 Å². The van der Waals surface area contributed by atoms with Crippen LogP contribution in [0.1, 0.15) is 25.5 Å². The molecule has 2 unspecified atom stereocenters. The van der Waals surface area contributed by atoms with Crippen molar-refractivity contribution in [2.75, 3.05) is 6.54 Å². The average Bonchev–Trinajstić information content (AvgIpc) is 2.14. The maximum absolute atomic E-state index is 12.7. The molecule has 0 saturated carbocycles. The van der Waals surface area contributed by atoms with Crippen molar-refractivity contribution in [1.29, 1.82) is 0 Å². The molecule has 3 N–H and O–H groups in total. The minimum Gasteiger partial charge on any atom is -0.508 e. The lowest BCUT2D eigenvalue weighted by Gasteiger charge is -2.16. The fourth-order valence-corrected chi connectivity index (χ4v) is 1.34. The Kier molecular flexibility index (Phi) is 4.05. The molecule has 0 amide bonds. The number of aliphatic hydroxyl groups excluding tert-OH is 1. The second kappa shape index (κ2) is 5.09. The first-order valence-corrected chi connectivity index (χ1v) is 4.90. The zero-order chi connectivity index (χ0) is 11.4. The van der Waals surface area contributed by atoms with Gasteiger partial charge in [-0.05, 0) is 19.9 Å². The summed E-state index contributed by atoms with van der Waals surface area (Å²) in [5, 5.41) is 21.6. The highest BCUT2D eigenvalue weighted by Gasteiger charge is 2.10. The second-order valence-corrected chi connectivity index (χ2v) is 3.68. The van der Waals surface area contributed by atoms with Crippen LogP contribution in [0.25, 0.3) is 0 Å². The predicted octanol–water partition coefficient (Wildman–Crippen LogP) is 1.56. The molecule has 15 heavy (non-hydrogen) atoms. The predicted molar refractivity (Wildman–Crippen MR) is 56.2 cm³/mol. The van der Waals surface area contributed by atoms with Gasteiger partial charge in [0.25, 0.3) is 0 Å². The molecule has 0 heterocycles. The number of hydrogen-bond donors (Lipinski definition) is 3. The molecule has 84 valence electrons. The van der Waals surface area contributed by atoms with E-state index in [0.29, 0.717) is 12.1 Å². The van der Waals surface area contributed by atoms with E-state index in [0.717, 1.165) is 6.07 Å². The SMILES string of the molecule is CC(O)CNC(C)c1ccc(F)cc1O. The lowest BCUT2D eigenvalue weighted by atomic mass is 10.1. The van der Waals surface area contributed by atoms with Gasteiger partial charge in [-0.15, -0.1) is 0 Å². The number of halogens is 1. The Balaban J connectivity index is 2.69. The van der Waals surface area contributed by atoms with E-state index in [1.165, 1.54) is 12.1 Å². The van der Waals surface area contributed by atoms with Crippen molar-refractivity contribution in [1.82, 2.24) is 5.32 Å². The number of aliphatic hydroxyl groups is 1. The maximum atomic E-state index is 12.7. The minimum atomic E-state index is -0.459. The molecule has 0 saturated heterocycles. The van der Waals surface area contributed by atoms with Crippen LogP contribution in [0.15, 0.2) is 18.2 Å². The summed E-state index contributed by atoms with van der Waals surface area (Å²) in [6.07, 6.45) is -0.449. The summed E-state index contributed by atoms with van der Waals surface area (Å²) in [5.74, 6) is -0.528. The van der Waals surface area contributed by atoms with Crippen molar-refractivity contribution in [3.8, 4) is 5.75 Å².